The summed E-state index contributed by atoms with van der Waals surface area (Å²) in [6.45, 7) is 7.11. The summed E-state index contributed by atoms with van der Waals surface area (Å²) < 4.78 is 2.52. The Morgan fingerprint density at radius 3 is 1.54 bits per heavy atom. The predicted molar refractivity (Wildman–Crippen MR) is 328 cm³/mol. The molecule has 0 aliphatic heterocycles. The van der Waals surface area contributed by atoms with E-state index in [2.05, 4.69) is 256 Å². The number of rotatable bonds is 4. The molecule has 6 aliphatic carbocycles. The van der Waals surface area contributed by atoms with Crippen LogP contribution >= 0.6 is 0 Å². The number of nitrogens with zero attached hydrogens (tertiary/aromatic N) is 3. The Labute approximate surface area is 465 Å². The zero-order chi connectivity index (χ0) is 52.8. The molecule has 2 heterocycles. The van der Waals surface area contributed by atoms with Crippen molar-refractivity contribution in [3.05, 3.63) is 297 Å². The molecule has 10 aromatic carbocycles. The quantitative estimate of drug-likeness (QED) is 0.176. The van der Waals surface area contributed by atoms with Gasteiger partial charge < -0.3 is 0 Å². The minimum absolute atomic E-state index is 0.203. The van der Waals surface area contributed by atoms with E-state index in [1.54, 1.807) is 0 Å². The lowest BCUT2D eigenvalue weighted by atomic mass is 9.67. The SMILES string of the molecule is CCc1c(-c2cccc3c2C2(C4=C(CCC=C4)c4ccccc42)c2ccccc2-3)nc(-c2cccc3c2C2(c4ccccc4-c4ccccc42)c2ccccc2-3)nc1-n1c2ccccc2c2cc3c(cc21)C(C)(C)c1ccccc1-3. The fourth-order valence-corrected chi connectivity index (χ4v) is 16.7. The zero-order valence-electron chi connectivity index (χ0n) is 44.9. The zero-order valence-corrected chi connectivity index (χ0v) is 44.9. The molecule has 0 bridgehead atoms. The molecular weight excluding hydrogens is 967 g/mol. The van der Waals surface area contributed by atoms with Crippen molar-refractivity contribution in [2.24, 2.45) is 0 Å². The van der Waals surface area contributed by atoms with Crippen LogP contribution in [0.2, 0.25) is 0 Å². The Balaban J connectivity index is 1.00. The summed E-state index contributed by atoms with van der Waals surface area (Å²) in [4.78, 5) is 12.4. The Kier molecular flexibility index (Phi) is 8.71. The highest BCUT2D eigenvalue weighted by molar-refractivity contribution is 6.12. The lowest BCUT2D eigenvalue weighted by molar-refractivity contribution is 0.661. The maximum atomic E-state index is 6.23. The second-order valence-corrected chi connectivity index (χ2v) is 23.5. The second-order valence-electron chi connectivity index (χ2n) is 23.5. The molecule has 3 nitrogen and oxygen atoms in total. The highest BCUT2D eigenvalue weighted by Gasteiger charge is 2.55. The maximum Gasteiger partial charge on any atom is 0.162 e. The minimum Gasteiger partial charge on any atom is -0.293 e. The molecule has 1 atom stereocenters. The molecule has 80 heavy (non-hydrogen) atoms. The van der Waals surface area contributed by atoms with Crippen LogP contribution in [0.3, 0.4) is 0 Å². The van der Waals surface area contributed by atoms with Crippen LogP contribution in [0.5, 0.6) is 0 Å². The third kappa shape index (κ3) is 5.23. The smallest absolute Gasteiger partial charge is 0.162 e. The fourth-order valence-electron chi connectivity index (χ4n) is 16.7. The van der Waals surface area contributed by atoms with Gasteiger partial charge in [-0.3, -0.25) is 4.57 Å². The van der Waals surface area contributed by atoms with Gasteiger partial charge in [0.1, 0.15) is 5.82 Å². The molecule has 1 unspecified atom stereocenters. The standard InChI is InChI=1S/C77H53N3/c1-4-45-72(56-33-21-31-54-50-27-10-18-40-65(50)76(70(54)56)61-36-14-6-23-46(61)47-24-7-15-37-62(47)76)78-73(79-74(45)80-68-42-20-12-30-53(68)59-43-58-52-29-5-13-35-60(52)75(2,3)67(58)44-69(59)80)57-34-22-32-55-51-28-11-19-41-66(51)77(71(55)57)63-38-16-8-25-48(63)49-26-9-17-39-64(49)77/h5-6,8-23,25-44H,4,7,24H2,1-3H3. The first-order valence-electron chi connectivity index (χ1n) is 28.7. The molecule has 0 N–H and O–H groups in total. The van der Waals surface area contributed by atoms with Gasteiger partial charge in [-0.25, -0.2) is 9.97 Å². The summed E-state index contributed by atoms with van der Waals surface area (Å²) >= 11 is 0. The number of fused-ring (bicyclic) bond motifs is 25. The molecule has 6 aliphatic rings. The molecule has 376 valence electrons. The number of aromatic nitrogens is 3. The third-order valence-electron chi connectivity index (χ3n) is 19.7. The molecule has 0 fully saturated rings. The van der Waals surface area contributed by atoms with E-state index in [9.17, 15) is 0 Å². The Bertz CT molecular complexity index is 4800. The number of benzene rings is 10. The summed E-state index contributed by atoms with van der Waals surface area (Å²) in [6, 6.07) is 82.9. The highest BCUT2D eigenvalue weighted by Crippen LogP contribution is 2.67. The summed E-state index contributed by atoms with van der Waals surface area (Å²) in [5.41, 5.74) is 31.6. The number of hydrogen-bond donors (Lipinski definition) is 0. The van der Waals surface area contributed by atoms with Crippen LogP contribution in [0, 0.1) is 0 Å². The number of allylic oxidation sites excluding steroid dienone is 4. The summed E-state index contributed by atoms with van der Waals surface area (Å²) in [6.07, 6.45) is 7.64. The molecular formula is C77H53N3. The van der Waals surface area contributed by atoms with Gasteiger partial charge in [0.25, 0.3) is 0 Å². The van der Waals surface area contributed by atoms with Crippen LogP contribution in [0.4, 0.5) is 0 Å². The first kappa shape index (κ1) is 44.5. The maximum absolute atomic E-state index is 6.23. The Hall–Kier alpha value is -9.44. The molecule has 0 radical (unpaired) electrons. The predicted octanol–water partition coefficient (Wildman–Crippen LogP) is 18.6. The number of hydrogen-bond acceptors (Lipinski definition) is 2. The second kappa shape index (κ2) is 15.6. The van der Waals surface area contributed by atoms with Crippen LogP contribution < -0.4 is 0 Å². The van der Waals surface area contributed by atoms with Crippen LogP contribution in [0.15, 0.2) is 236 Å². The number of para-hydroxylation sites is 1. The summed E-state index contributed by atoms with van der Waals surface area (Å²) in [5.74, 6) is 1.65. The van der Waals surface area contributed by atoms with Crippen molar-refractivity contribution in [2.45, 2.75) is 56.3 Å². The van der Waals surface area contributed by atoms with E-state index in [4.69, 9.17) is 9.97 Å². The van der Waals surface area contributed by atoms with Gasteiger partial charge in [0.05, 0.1) is 27.6 Å². The van der Waals surface area contributed by atoms with E-state index in [0.29, 0.717) is 6.42 Å². The van der Waals surface area contributed by atoms with Crippen molar-refractivity contribution in [1.29, 1.82) is 0 Å². The summed E-state index contributed by atoms with van der Waals surface area (Å²) in [5, 5.41) is 2.44. The molecule has 0 saturated heterocycles. The van der Waals surface area contributed by atoms with Gasteiger partial charge in [-0.1, -0.05) is 233 Å². The molecule has 0 amide bonds. The molecule has 3 heteroatoms. The van der Waals surface area contributed by atoms with E-state index in [0.717, 1.165) is 57.9 Å². The molecule has 2 spiro atoms. The lowest BCUT2D eigenvalue weighted by Gasteiger charge is -2.34. The average Bonchev–Trinajstić information content (AvgIpc) is 4.48. The van der Waals surface area contributed by atoms with Gasteiger partial charge in [-0.05, 0) is 149 Å². The van der Waals surface area contributed by atoms with E-state index < -0.39 is 10.8 Å². The van der Waals surface area contributed by atoms with Crippen molar-refractivity contribution in [2.75, 3.05) is 0 Å². The average molecular weight is 1020 g/mol. The lowest BCUT2D eigenvalue weighted by Crippen LogP contribution is -2.28. The first-order chi connectivity index (χ1) is 39.4. The van der Waals surface area contributed by atoms with Crippen LogP contribution in [-0.4, -0.2) is 14.5 Å². The van der Waals surface area contributed by atoms with E-state index in [1.165, 1.54) is 122 Å². The molecule has 0 saturated carbocycles. The van der Waals surface area contributed by atoms with Crippen molar-refractivity contribution < 1.29 is 0 Å². The molecule has 18 rings (SSSR count). The first-order valence-corrected chi connectivity index (χ1v) is 28.7. The van der Waals surface area contributed by atoms with Gasteiger partial charge in [0.15, 0.2) is 5.82 Å². The minimum atomic E-state index is -0.611. The van der Waals surface area contributed by atoms with Crippen LogP contribution in [0.1, 0.15) is 94.8 Å². The summed E-state index contributed by atoms with van der Waals surface area (Å²) in [7, 11) is 0. The van der Waals surface area contributed by atoms with Crippen molar-refractivity contribution in [3.63, 3.8) is 0 Å². The monoisotopic (exact) mass is 1020 g/mol. The van der Waals surface area contributed by atoms with Gasteiger partial charge >= 0.3 is 0 Å². The van der Waals surface area contributed by atoms with Gasteiger partial charge in [-0.15, -0.1) is 0 Å². The van der Waals surface area contributed by atoms with Gasteiger partial charge in [0, 0.05) is 32.9 Å². The largest absolute Gasteiger partial charge is 0.293 e. The van der Waals surface area contributed by atoms with Crippen LogP contribution in [-0.2, 0) is 22.7 Å². The van der Waals surface area contributed by atoms with Gasteiger partial charge in [-0.2, -0.15) is 0 Å². The fraction of sp³-hybridized carbons (Fsp3) is 0.117. The van der Waals surface area contributed by atoms with Crippen molar-refractivity contribution in [1.82, 2.24) is 14.5 Å². The van der Waals surface area contributed by atoms with Gasteiger partial charge in [0.2, 0.25) is 0 Å². The Morgan fingerprint density at radius 2 is 0.900 bits per heavy atom. The molecule has 2 aromatic heterocycles. The van der Waals surface area contributed by atoms with Crippen LogP contribution in [0.25, 0.3) is 100 Å². The Morgan fingerprint density at radius 1 is 0.412 bits per heavy atom. The van der Waals surface area contributed by atoms with E-state index >= 15 is 0 Å². The van der Waals surface area contributed by atoms with E-state index in [-0.39, 0.29) is 5.41 Å². The van der Waals surface area contributed by atoms with E-state index in [1.807, 2.05) is 0 Å². The highest BCUT2D eigenvalue weighted by atomic mass is 15.1. The topological polar surface area (TPSA) is 30.7 Å². The van der Waals surface area contributed by atoms with Crippen molar-refractivity contribution >= 4 is 27.4 Å². The van der Waals surface area contributed by atoms with Crippen molar-refractivity contribution in [3.8, 4) is 73.0 Å². The molecule has 12 aromatic rings. The third-order valence-corrected chi connectivity index (χ3v) is 19.7. The normalized spacial score (nSPS) is 17.3.